The summed E-state index contributed by atoms with van der Waals surface area (Å²) in [4.78, 5) is 0. The highest BCUT2D eigenvalue weighted by molar-refractivity contribution is 5.03. The van der Waals surface area contributed by atoms with Crippen molar-refractivity contribution in [1.29, 1.82) is 0 Å². The molecule has 0 bridgehead atoms. The topological polar surface area (TPSA) is 0 Å². The summed E-state index contributed by atoms with van der Waals surface area (Å²) in [5.74, 6) is 0. The second-order valence-corrected chi connectivity index (χ2v) is 5.07. The van der Waals surface area contributed by atoms with E-state index in [-0.39, 0.29) is 0 Å². The molecule has 0 nitrogen and oxygen atoms in total. The van der Waals surface area contributed by atoms with Crippen molar-refractivity contribution in [3.05, 3.63) is 17.4 Å². The Labute approximate surface area is 102 Å². The first-order valence-electron chi connectivity index (χ1n) is 7.36. The summed E-state index contributed by atoms with van der Waals surface area (Å²) in [6, 6.07) is 0. The number of rotatable bonds is 7. The van der Waals surface area contributed by atoms with Crippen LogP contribution in [0.3, 0.4) is 0 Å². The van der Waals surface area contributed by atoms with E-state index in [9.17, 15) is 0 Å². The van der Waals surface area contributed by atoms with Crippen molar-refractivity contribution in [3.63, 3.8) is 0 Å². The molecular formula is C16H28. The van der Waals surface area contributed by atoms with E-state index in [4.69, 9.17) is 0 Å². The minimum absolute atomic E-state index is 1.25. The van der Waals surface area contributed by atoms with E-state index in [0.717, 1.165) is 0 Å². The summed E-state index contributed by atoms with van der Waals surface area (Å²) in [5, 5.41) is 0. The molecule has 0 heteroatoms. The van der Waals surface area contributed by atoms with Crippen molar-refractivity contribution >= 4 is 0 Å². The highest BCUT2D eigenvalue weighted by atomic mass is 14.1. The smallest absolute Gasteiger partial charge is 0.0244 e. The molecule has 0 aromatic rings. The molecule has 0 spiro atoms. The minimum Gasteiger partial charge on any atom is -0.126 e. The minimum atomic E-state index is 1.25. The largest absolute Gasteiger partial charge is 0.126 e. The van der Waals surface area contributed by atoms with E-state index < -0.39 is 0 Å². The summed E-state index contributed by atoms with van der Waals surface area (Å²) in [7, 11) is 0. The Morgan fingerprint density at radius 3 is 2.38 bits per heavy atom. The van der Waals surface area contributed by atoms with Gasteiger partial charge < -0.3 is 0 Å². The molecule has 0 aliphatic heterocycles. The zero-order valence-corrected chi connectivity index (χ0v) is 11.1. The number of hydrogen-bond donors (Lipinski definition) is 0. The van der Waals surface area contributed by atoms with Crippen LogP contribution in [0.15, 0.2) is 17.4 Å². The zero-order valence-electron chi connectivity index (χ0n) is 11.1. The Balaban J connectivity index is 1.99. The second-order valence-electron chi connectivity index (χ2n) is 5.07. The second kappa shape index (κ2) is 9.73. The summed E-state index contributed by atoms with van der Waals surface area (Å²) < 4.78 is 0. The van der Waals surface area contributed by atoms with Gasteiger partial charge in [-0.3, -0.25) is 0 Å². The van der Waals surface area contributed by atoms with Crippen LogP contribution in [0.25, 0.3) is 0 Å². The van der Waals surface area contributed by atoms with Crippen LogP contribution < -0.4 is 0 Å². The Kier molecular flexibility index (Phi) is 8.26. The third-order valence-corrected chi connectivity index (χ3v) is 3.47. The van der Waals surface area contributed by atoms with Gasteiger partial charge in [0.15, 0.2) is 0 Å². The molecule has 92 valence electrons. The fourth-order valence-corrected chi connectivity index (χ4v) is 2.37. The predicted molar refractivity (Wildman–Crippen MR) is 72.7 cm³/mol. The molecule has 0 aromatic carbocycles. The van der Waals surface area contributed by atoms with Gasteiger partial charge >= 0.3 is 0 Å². The van der Waals surface area contributed by atoms with Crippen LogP contribution >= 0.6 is 0 Å². The van der Waals surface area contributed by atoms with E-state index >= 15 is 0 Å². The van der Waals surface area contributed by atoms with Gasteiger partial charge in [0, 0.05) is 0 Å². The third kappa shape index (κ3) is 6.90. The quantitative estimate of drug-likeness (QED) is 0.377. The lowest BCUT2D eigenvalue weighted by molar-refractivity contribution is 0.599. The molecule has 0 amide bonds. The molecule has 0 aromatic heterocycles. The normalized spacial score (nSPS) is 15.9. The molecule has 0 saturated heterocycles. The van der Waals surface area contributed by atoms with Crippen LogP contribution in [-0.4, -0.2) is 0 Å². The Hall–Kier alpha value is -0.480. The first kappa shape index (κ1) is 13.6. The fourth-order valence-electron chi connectivity index (χ4n) is 2.37. The Morgan fingerprint density at radius 1 is 0.938 bits per heavy atom. The molecule has 1 aliphatic rings. The lowest BCUT2D eigenvalue weighted by Gasteiger charge is -2.10. The molecule has 16 heavy (non-hydrogen) atoms. The lowest BCUT2D eigenvalue weighted by Crippen LogP contribution is -1.91. The standard InChI is InChI=1S/C16H28/c1-2-3-4-5-6-7-8-10-13-16-14-11-9-12-15-16/h10H,2-9,11-12,14-15H2,1H3. The van der Waals surface area contributed by atoms with Gasteiger partial charge in [-0.05, 0) is 50.2 Å². The van der Waals surface area contributed by atoms with Gasteiger partial charge in [-0.15, -0.1) is 5.73 Å². The Morgan fingerprint density at radius 2 is 1.62 bits per heavy atom. The summed E-state index contributed by atoms with van der Waals surface area (Å²) in [5.41, 5.74) is 5.10. The summed E-state index contributed by atoms with van der Waals surface area (Å²) in [6.07, 6.45) is 18.8. The molecule has 0 N–H and O–H groups in total. The number of allylic oxidation sites excluding steroid dienone is 1. The van der Waals surface area contributed by atoms with Gasteiger partial charge in [-0.25, -0.2) is 0 Å². The number of unbranched alkanes of at least 4 members (excludes halogenated alkanes) is 6. The van der Waals surface area contributed by atoms with Crippen LogP contribution in [0.1, 0.15) is 84.0 Å². The van der Waals surface area contributed by atoms with Crippen LogP contribution in [0.2, 0.25) is 0 Å². The molecule has 0 radical (unpaired) electrons. The third-order valence-electron chi connectivity index (χ3n) is 3.47. The molecule has 1 saturated carbocycles. The first-order valence-corrected chi connectivity index (χ1v) is 7.36. The average molecular weight is 220 g/mol. The maximum atomic E-state index is 3.52. The Bertz CT molecular complexity index is 210. The van der Waals surface area contributed by atoms with E-state index in [1.165, 1.54) is 77.0 Å². The van der Waals surface area contributed by atoms with E-state index in [1.54, 1.807) is 5.57 Å². The van der Waals surface area contributed by atoms with E-state index in [2.05, 4.69) is 18.7 Å². The maximum absolute atomic E-state index is 3.52. The van der Waals surface area contributed by atoms with E-state index in [0.29, 0.717) is 0 Å². The molecule has 1 rings (SSSR count). The van der Waals surface area contributed by atoms with Gasteiger partial charge in [0.25, 0.3) is 0 Å². The SMILES string of the molecule is CCCCCCCCC=C=C1CCCCC1. The zero-order chi connectivity index (χ0) is 11.5. The first-order chi connectivity index (χ1) is 7.93. The summed E-state index contributed by atoms with van der Waals surface area (Å²) in [6.45, 7) is 2.28. The van der Waals surface area contributed by atoms with Crippen LogP contribution in [0.4, 0.5) is 0 Å². The molecule has 0 heterocycles. The average Bonchev–Trinajstić information content (AvgIpc) is 2.34. The van der Waals surface area contributed by atoms with Gasteiger partial charge in [0.1, 0.15) is 0 Å². The van der Waals surface area contributed by atoms with Gasteiger partial charge in [-0.2, -0.15) is 0 Å². The molecule has 0 unspecified atom stereocenters. The molecule has 1 aliphatic carbocycles. The fraction of sp³-hybridized carbons (Fsp3) is 0.812. The predicted octanol–water partition coefficient (Wildman–Crippen LogP) is 5.78. The highest BCUT2D eigenvalue weighted by Crippen LogP contribution is 2.21. The van der Waals surface area contributed by atoms with Crippen molar-refractivity contribution in [1.82, 2.24) is 0 Å². The monoisotopic (exact) mass is 220 g/mol. The van der Waals surface area contributed by atoms with Crippen molar-refractivity contribution in [3.8, 4) is 0 Å². The molecule has 1 fully saturated rings. The number of hydrogen-bond acceptors (Lipinski definition) is 0. The van der Waals surface area contributed by atoms with Gasteiger partial charge in [0.2, 0.25) is 0 Å². The van der Waals surface area contributed by atoms with Crippen molar-refractivity contribution in [2.75, 3.05) is 0 Å². The van der Waals surface area contributed by atoms with Crippen molar-refractivity contribution in [2.24, 2.45) is 0 Å². The van der Waals surface area contributed by atoms with E-state index in [1.807, 2.05) is 0 Å². The van der Waals surface area contributed by atoms with Crippen molar-refractivity contribution in [2.45, 2.75) is 84.0 Å². The molecule has 0 atom stereocenters. The van der Waals surface area contributed by atoms with Crippen molar-refractivity contribution < 1.29 is 0 Å². The van der Waals surface area contributed by atoms with Crippen LogP contribution in [0.5, 0.6) is 0 Å². The van der Waals surface area contributed by atoms with Crippen LogP contribution in [0, 0.1) is 0 Å². The summed E-state index contributed by atoms with van der Waals surface area (Å²) >= 11 is 0. The lowest BCUT2D eigenvalue weighted by atomic mass is 9.95. The van der Waals surface area contributed by atoms with Gasteiger partial charge in [0.05, 0.1) is 0 Å². The highest BCUT2D eigenvalue weighted by Gasteiger charge is 2.02. The van der Waals surface area contributed by atoms with Crippen LogP contribution in [-0.2, 0) is 0 Å². The van der Waals surface area contributed by atoms with Gasteiger partial charge in [-0.1, -0.05) is 45.4 Å². The molecular weight excluding hydrogens is 192 g/mol. The maximum Gasteiger partial charge on any atom is -0.0244 e.